The van der Waals surface area contributed by atoms with Crippen LogP contribution in [0.3, 0.4) is 0 Å². The summed E-state index contributed by atoms with van der Waals surface area (Å²) in [7, 11) is 0. The summed E-state index contributed by atoms with van der Waals surface area (Å²) in [6.07, 6.45) is 4.83. The molecule has 0 fully saturated rings. The second kappa shape index (κ2) is 7.02. The summed E-state index contributed by atoms with van der Waals surface area (Å²) in [6.45, 7) is 2.72. The van der Waals surface area contributed by atoms with E-state index in [4.69, 9.17) is 11.6 Å². The molecule has 2 aromatic heterocycles. The maximum absolute atomic E-state index is 12.5. The molecule has 3 nitrogen and oxygen atoms in total. The van der Waals surface area contributed by atoms with Crippen LogP contribution in [0.5, 0.6) is 0 Å². The molecule has 0 aliphatic heterocycles. The topological polar surface area (TPSA) is 34.0 Å². The summed E-state index contributed by atoms with van der Waals surface area (Å²) in [5.41, 5.74) is 2.99. The number of hydrogen-bond donors (Lipinski definition) is 1. The van der Waals surface area contributed by atoms with Crippen molar-refractivity contribution >= 4 is 28.8 Å². The van der Waals surface area contributed by atoms with Crippen molar-refractivity contribution in [2.24, 2.45) is 0 Å². The van der Waals surface area contributed by atoms with Gasteiger partial charge in [0.15, 0.2) is 0 Å². The molecule has 0 bridgehead atoms. The second-order valence-corrected chi connectivity index (χ2v) is 6.50. The maximum atomic E-state index is 12.5. The van der Waals surface area contributed by atoms with Crippen molar-refractivity contribution in [3.05, 3.63) is 64.1 Å². The number of thiophene rings is 1. The molecule has 3 aromatic rings. The largest absolute Gasteiger partial charge is 0.351 e. The quantitative estimate of drug-likeness (QED) is 0.694. The average Bonchev–Trinajstić information content (AvgIpc) is 3.22. The van der Waals surface area contributed by atoms with Gasteiger partial charge in [0.2, 0.25) is 0 Å². The van der Waals surface area contributed by atoms with E-state index in [2.05, 4.69) is 5.32 Å². The van der Waals surface area contributed by atoms with Gasteiger partial charge in [0.25, 0.3) is 5.91 Å². The molecule has 3 rings (SSSR count). The fourth-order valence-electron chi connectivity index (χ4n) is 2.41. The van der Waals surface area contributed by atoms with Crippen LogP contribution in [-0.2, 0) is 0 Å². The molecule has 0 radical (unpaired) electrons. The fraction of sp³-hybridized carbons (Fsp3) is 0.167. The van der Waals surface area contributed by atoms with E-state index < -0.39 is 0 Å². The molecule has 23 heavy (non-hydrogen) atoms. The first-order valence-electron chi connectivity index (χ1n) is 7.49. The van der Waals surface area contributed by atoms with Crippen molar-refractivity contribution in [3.8, 4) is 16.8 Å². The Morgan fingerprint density at radius 2 is 1.91 bits per heavy atom. The number of rotatable bonds is 5. The molecule has 0 aliphatic rings. The highest BCUT2D eigenvalue weighted by Crippen LogP contribution is 2.35. The summed E-state index contributed by atoms with van der Waals surface area (Å²) in [5, 5.41) is 5.69. The van der Waals surface area contributed by atoms with E-state index in [1.807, 2.05) is 65.7 Å². The third kappa shape index (κ3) is 3.33. The number of benzene rings is 1. The summed E-state index contributed by atoms with van der Waals surface area (Å²) in [5.74, 6) is -0.0271. The molecule has 0 atom stereocenters. The summed E-state index contributed by atoms with van der Waals surface area (Å²) in [6, 6.07) is 11.6. The lowest BCUT2D eigenvalue weighted by molar-refractivity contribution is 0.0957. The van der Waals surface area contributed by atoms with Gasteiger partial charge in [-0.15, -0.1) is 11.3 Å². The monoisotopic (exact) mass is 344 g/mol. The van der Waals surface area contributed by atoms with Gasteiger partial charge in [-0.1, -0.05) is 30.7 Å². The van der Waals surface area contributed by atoms with Gasteiger partial charge in [0.1, 0.15) is 4.88 Å². The molecule has 1 N–H and O–H groups in total. The lowest BCUT2D eigenvalue weighted by Gasteiger charge is -2.10. The second-order valence-electron chi connectivity index (χ2n) is 5.18. The number of carbonyl (C=O) groups is 1. The number of hydrogen-bond acceptors (Lipinski definition) is 2. The van der Waals surface area contributed by atoms with Crippen molar-refractivity contribution in [2.75, 3.05) is 6.54 Å². The van der Waals surface area contributed by atoms with Gasteiger partial charge in [-0.3, -0.25) is 4.79 Å². The molecule has 0 unspecified atom stereocenters. The molecule has 5 heteroatoms. The third-order valence-electron chi connectivity index (χ3n) is 3.52. The zero-order valence-electron chi connectivity index (χ0n) is 12.8. The van der Waals surface area contributed by atoms with Crippen LogP contribution in [0.2, 0.25) is 5.02 Å². The minimum absolute atomic E-state index is 0.0271. The maximum Gasteiger partial charge on any atom is 0.263 e. The zero-order valence-corrected chi connectivity index (χ0v) is 14.3. The first-order valence-corrected chi connectivity index (χ1v) is 8.75. The summed E-state index contributed by atoms with van der Waals surface area (Å²) in [4.78, 5) is 13.2. The Hall–Kier alpha value is -2.04. The van der Waals surface area contributed by atoms with Gasteiger partial charge >= 0.3 is 0 Å². The number of nitrogens with one attached hydrogen (secondary N) is 1. The Morgan fingerprint density at radius 1 is 1.22 bits per heavy atom. The highest BCUT2D eigenvalue weighted by atomic mass is 35.5. The Morgan fingerprint density at radius 3 is 2.57 bits per heavy atom. The summed E-state index contributed by atoms with van der Waals surface area (Å²) < 4.78 is 1.99. The number of carbonyl (C=O) groups excluding carboxylic acids is 1. The Labute approximate surface area is 144 Å². The third-order valence-corrected chi connectivity index (χ3v) is 4.74. The van der Waals surface area contributed by atoms with Crippen molar-refractivity contribution < 1.29 is 4.79 Å². The SMILES string of the molecule is CCCNC(=O)c1scc(-c2ccc(Cl)cc2)c1-n1cccc1. The van der Waals surface area contributed by atoms with E-state index in [0.29, 0.717) is 11.6 Å². The zero-order chi connectivity index (χ0) is 16.2. The Kier molecular flexibility index (Phi) is 4.84. The molecule has 0 saturated carbocycles. The molecule has 0 saturated heterocycles. The molecule has 2 heterocycles. The van der Waals surface area contributed by atoms with Crippen LogP contribution in [0, 0.1) is 0 Å². The molecule has 0 aliphatic carbocycles. The van der Waals surface area contributed by atoms with E-state index in [1.54, 1.807) is 0 Å². The predicted octanol–water partition coefficient (Wildman–Crippen LogP) is 5.00. The lowest BCUT2D eigenvalue weighted by Crippen LogP contribution is -2.24. The van der Waals surface area contributed by atoms with Gasteiger partial charge in [-0.2, -0.15) is 0 Å². The minimum Gasteiger partial charge on any atom is -0.351 e. The normalized spacial score (nSPS) is 10.7. The fourth-order valence-corrected chi connectivity index (χ4v) is 3.52. The lowest BCUT2D eigenvalue weighted by atomic mass is 10.1. The van der Waals surface area contributed by atoms with Gasteiger partial charge in [0.05, 0.1) is 5.69 Å². The van der Waals surface area contributed by atoms with Gasteiger partial charge in [0, 0.05) is 34.9 Å². The molecular weight excluding hydrogens is 328 g/mol. The minimum atomic E-state index is -0.0271. The molecule has 1 aromatic carbocycles. The van der Waals surface area contributed by atoms with Crippen molar-refractivity contribution in [1.82, 2.24) is 9.88 Å². The van der Waals surface area contributed by atoms with Crippen LogP contribution in [0.25, 0.3) is 16.8 Å². The highest BCUT2D eigenvalue weighted by molar-refractivity contribution is 7.13. The number of nitrogens with zero attached hydrogens (tertiary/aromatic N) is 1. The first kappa shape index (κ1) is 15.8. The van der Waals surface area contributed by atoms with Gasteiger partial charge in [-0.05, 0) is 36.2 Å². The van der Waals surface area contributed by atoms with E-state index in [0.717, 1.165) is 28.1 Å². The number of amides is 1. The van der Waals surface area contributed by atoms with Crippen LogP contribution in [0.15, 0.2) is 54.2 Å². The van der Waals surface area contributed by atoms with E-state index in [-0.39, 0.29) is 5.91 Å². The standard InChI is InChI=1S/C18H17ClN2OS/c1-2-9-20-18(22)17-16(21-10-3-4-11-21)15(12-23-17)13-5-7-14(19)8-6-13/h3-8,10-12H,2,9H2,1H3,(H,20,22). The number of halogens is 1. The predicted molar refractivity (Wildman–Crippen MR) is 96.7 cm³/mol. The van der Waals surface area contributed by atoms with E-state index in [9.17, 15) is 4.79 Å². The first-order chi connectivity index (χ1) is 11.2. The molecule has 1 amide bonds. The van der Waals surface area contributed by atoms with Gasteiger partial charge in [-0.25, -0.2) is 0 Å². The summed E-state index contributed by atoms with van der Waals surface area (Å²) >= 11 is 7.45. The number of aromatic nitrogens is 1. The molecular formula is C18H17ClN2OS. The average molecular weight is 345 g/mol. The van der Waals surface area contributed by atoms with Crippen molar-refractivity contribution in [3.63, 3.8) is 0 Å². The van der Waals surface area contributed by atoms with Crippen LogP contribution >= 0.6 is 22.9 Å². The van der Waals surface area contributed by atoms with Crippen LogP contribution in [-0.4, -0.2) is 17.0 Å². The van der Waals surface area contributed by atoms with Crippen LogP contribution in [0.1, 0.15) is 23.0 Å². The smallest absolute Gasteiger partial charge is 0.263 e. The van der Waals surface area contributed by atoms with Crippen molar-refractivity contribution in [2.45, 2.75) is 13.3 Å². The molecule has 0 spiro atoms. The Balaban J connectivity index is 2.08. The Bertz CT molecular complexity index is 791. The van der Waals surface area contributed by atoms with E-state index in [1.165, 1.54) is 11.3 Å². The van der Waals surface area contributed by atoms with Crippen LogP contribution < -0.4 is 5.32 Å². The van der Waals surface area contributed by atoms with Gasteiger partial charge < -0.3 is 9.88 Å². The van der Waals surface area contributed by atoms with E-state index >= 15 is 0 Å². The highest BCUT2D eigenvalue weighted by Gasteiger charge is 2.19. The van der Waals surface area contributed by atoms with Crippen molar-refractivity contribution in [1.29, 1.82) is 0 Å². The molecule has 118 valence electrons. The van der Waals surface area contributed by atoms with Crippen LogP contribution in [0.4, 0.5) is 0 Å².